The highest BCUT2D eigenvalue weighted by molar-refractivity contribution is 9.11. The molecule has 0 radical (unpaired) electrons. The van der Waals surface area contributed by atoms with E-state index >= 15 is 0 Å². The van der Waals surface area contributed by atoms with Crippen molar-refractivity contribution in [1.82, 2.24) is 15.2 Å². The number of hydrogen-bond acceptors (Lipinski definition) is 4. The van der Waals surface area contributed by atoms with E-state index in [0.29, 0.717) is 0 Å². The van der Waals surface area contributed by atoms with Crippen LogP contribution < -0.4 is 0 Å². The predicted molar refractivity (Wildman–Crippen MR) is 72.2 cm³/mol. The summed E-state index contributed by atoms with van der Waals surface area (Å²) < 4.78 is 0.813. The van der Waals surface area contributed by atoms with E-state index in [-0.39, 0.29) is 0 Å². The molecule has 0 aliphatic heterocycles. The maximum absolute atomic E-state index is 4.60. The lowest BCUT2D eigenvalue weighted by Gasteiger charge is -2.00. The zero-order valence-corrected chi connectivity index (χ0v) is 11.2. The molecule has 0 spiro atoms. The Balaban J connectivity index is 1.95. The highest BCUT2D eigenvalue weighted by Gasteiger charge is 2.04. The Morgan fingerprint density at radius 3 is 2.76 bits per heavy atom. The summed E-state index contributed by atoms with van der Waals surface area (Å²) in [6.07, 6.45) is 0.730. The Morgan fingerprint density at radius 1 is 1.06 bits per heavy atom. The van der Waals surface area contributed by atoms with Crippen molar-refractivity contribution in [2.75, 3.05) is 0 Å². The number of benzene rings is 1. The predicted octanol–water partition coefficient (Wildman–Crippen LogP) is 3.44. The molecule has 0 atom stereocenters. The second-order valence-corrected chi connectivity index (χ2v) is 5.96. The van der Waals surface area contributed by atoms with Crippen LogP contribution in [0.25, 0.3) is 10.9 Å². The first-order valence-corrected chi connectivity index (χ1v) is 6.75. The van der Waals surface area contributed by atoms with Gasteiger partial charge in [0.05, 0.1) is 5.52 Å². The van der Waals surface area contributed by atoms with Crippen molar-refractivity contribution in [2.24, 2.45) is 0 Å². The van der Waals surface area contributed by atoms with Crippen LogP contribution in [0, 0.1) is 0 Å². The van der Waals surface area contributed by atoms with E-state index in [4.69, 9.17) is 0 Å². The van der Waals surface area contributed by atoms with Gasteiger partial charge in [0, 0.05) is 17.5 Å². The van der Waals surface area contributed by atoms with Crippen molar-refractivity contribution in [3.63, 3.8) is 0 Å². The van der Waals surface area contributed by atoms with Crippen molar-refractivity contribution < 1.29 is 0 Å². The fraction of sp³-hybridized carbons (Fsp3) is 0.0833. The molecule has 0 bridgehead atoms. The normalized spacial score (nSPS) is 10.9. The molecule has 3 aromatic rings. The first kappa shape index (κ1) is 10.8. The Labute approximate surface area is 111 Å². The molecule has 2 heterocycles. The van der Waals surface area contributed by atoms with Crippen LogP contribution in [0.4, 0.5) is 0 Å². The third-order valence-electron chi connectivity index (χ3n) is 2.43. The summed E-state index contributed by atoms with van der Waals surface area (Å²) in [6, 6.07) is 12.2. The number of halogens is 1. The Morgan fingerprint density at radius 2 is 1.94 bits per heavy atom. The fourth-order valence-electron chi connectivity index (χ4n) is 1.67. The van der Waals surface area contributed by atoms with Gasteiger partial charge in [-0.2, -0.15) is 0 Å². The van der Waals surface area contributed by atoms with Gasteiger partial charge in [-0.3, -0.25) is 4.98 Å². The minimum Gasteiger partial charge on any atom is -0.252 e. The van der Waals surface area contributed by atoms with E-state index in [1.165, 1.54) is 0 Å². The lowest BCUT2D eigenvalue weighted by Crippen LogP contribution is -1.92. The number of fused-ring (bicyclic) bond motifs is 1. The third kappa shape index (κ3) is 2.35. The van der Waals surface area contributed by atoms with E-state index in [1.54, 1.807) is 11.3 Å². The average molecular weight is 306 g/mol. The first-order chi connectivity index (χ1) is 8.31. The molecule has 0 fully saturated rings. The number of nitrogens with zero attached hydrogens (tertiary/aromatic N) is 3. The summed E-state index contributed by atoms with van der Waals surface area (Å²) >= 11 is 4.85. The van der Waals surface area contributed by atoms with Crippen LogP contribution in [0.5, 0.6) is 0 Å². The second-order valence-electron chi connectivity index (χ2n) is 3.62. The quantitative estimate of drug-likeness (QED) is 0.728. The topological polar surface area (TPSA) is 38.7 Å². The van der Waals surface area contributed by atoms with Gasteiger partial charge in [-0.15, -0.1) is 10.2 Å². The van der Waals surface area contributed by atoms with E-state index in [2.05, 4.69) is 43.2 Å². The van der Waals surface area contributed by atoms with Gasteiger partial charge in [-0.05, 0) is 28.1 Å². The van der Waals surface area contributed by atoms with E-state index in [1.807, 2.05) is 24.3 Å². The molecule has 3 rings (SSSR count). The number of aromatic nitrogens is 3. The molecular weight excluding hydrogens is 298 g/mol. The van der Waals surface area contributed by atoms with Crippen LogP contribution in [0.15, 0.2) is 40.3 Å². The number of para-hydroxylation sites is 1. The lowest BCUT2D eigenvalue weighted by molar-refractivity contribution is 0.974. The smallest absolute Gasteiger partial charge is 0.183 e. The van der Waals surface area contributed by atoms with Gasteiger partial charge < -0.3 is 0 Å². The van der Waals surface area contributed by atoms with Crippen LogP contribution >= 0.6 is 27.3 Å². The summed E-state index contributed by atoms with van der Waals surface area (Å²) in [5.74, 6) is 0. The monoisotopic (exact) mass is 305 g/mol. The SMILES string of the molecule is Brc1nnc(Cc2ccc3ccccc3n2)s1. The summed E-state index contributed by atoms with van der Waals surface area (Å²) in [4.78, 5) is 4.60. The van der Waals surface area contributed by atoms with E-state index in [9.17, 15) is 0 Å². The van der Waals surface area contributed by atoms with Gasteiger partial charge in [0.2, 0.25) is 0 Å². The third-order valence-corrected chi connectivity index (χ3v) is 3.79. The van der Waals surface area contributed by atoms with Crippen LogP contribution in [0.1, 0.15) is 10.7 Å². The molecule has 0 amide bonds. The maximum Gasteiger partial charge on any atom is 0.183 e. The largest absolute Gasteiger partial charge is 0.252 e. The second kappa shape index (κ2) is 4.50. The van der Waals surface area contributed by atoms with Crippen molar-refractivity contribution in [2.45, 2.75) is 6.42 Å². The standard InChI is InChI=1S/C12H8BrN3S/c13-12-16-15-11(17-12)7-9-6-5-8-3-1-2-4-10(8)14-9/h1-6H,7H2. The van der Waals surface area contributed by atoms with Gasteiger partial charge in [0.25, 0.3) is 0 Å². The maximum atomic E-state index is 4.60. The van der Waals surface area contributed by atoms with Gasteiger partial charge >= 0.3 is 0 Å². The zero-order valence-electron chi connectivity index (χ0n) is 8.80. The van der Waals surface area contributed by atoms with Crippen LogP contribution in [-0.2, 0) is 6.42 Å². The Hall–Kier alpha value is -1.33. The molecule has 2 aromatic heterocycles. The molecular formula is C12H8BrN3S. The highest BCUT2D eigenvalue weighted by atomic mass is 79.9. The lowest BCUT2D eigenvalue weighted by atomic mass is 10.2. The Bertz CT molecular complexity index is 665. The zero-order chi connectivity index (χ0) is 11.7. The highest BCUT2D eigenvalue weighted by Crippen LogP contribution is 2.19. The Kier molecular flexibility index (Phi) is 2.86. The van der Waals surface area contributed by atoms with Gasteiger partial charge in [-0.1, -0.05) is 35.6 Å². The van der Waals surface area contributed by atoms with E-state index < -0.39 is 0 Å². The van der Waals surface area contributed by atoms with Crippen molar-refractivity contribution in [1.29, 1.82) is 0 Å². The number of rotatable bonds is 2. The van der Waals surface area contributed by atoms with Crippen LogP contribution in [0.2, 0.25) is 0 Å². The molecule has 0 saturated carbocycles. The summed E-state index contributed by atoms with van der Waals surface area (Å²) in [5, 5.41) is 10.1. The molecule has 0 saturated heterocycles. The van der Waals surface area contributed by atoms with Crippen molar-refractivity contribution in [3.8, 4) is 0 Å². The number of hydrogen-bond donors (Lipinski definition) is 0. The van der Waals surface area contributed by atoms with Gasteiger partial charge in [0.1, 0.15) is 5.01 Å². The van der Waals surface area contributed by atoms with Crippen LogP contribution in [-0.4, -0.2) is 15.2 Å². The van der Waals surface area contributed by atoms with Crippen molar-refractivity contribution in [3.05, 3.63) is 51.0 Å². The minimum atomic E-state index is 0.730. The molecule has 0 aliphatic rings. The number of pyridine rings is 1. The van der Waals surface area contributed by atoms with Crippen LogP contribution in [0.3, 0.4) is 0 Å². The molecule has 84 valence electrons. The molecule has 0 N–H and O–H groups in total. The van der Waals surface area contributed by atoms with Crippen molar-refractivity contribution >= 4 is 38.2 Å². The summed E-state index contributed by atoms with van der Waals surface area (Å²) in [6.45, 7) is 0. The molecule has 17 heavy (non-hydrogen) atoms. The molecule has 1 aromatic carbocycles. The van der Waals surface area contributed by atoms with Gasteiger partial charge in [0.15, 0.2) is 3.92 Å². The van der Waals surface area contributed by atoms with E-state index in [0.717, 1.165) is 31.9 Å². The fourth-order valence-corrected chi connectivity index (χ4v) is 2.88. The molecule has 0 aliphatic carbocycles. The summed E-state index contributed by atoms with van der Waals surface area (Å²) in [7, 11) is 0. The molecule has 5 heteroatoms. The molecule has 0 unspecified atom stereocenters. The summed E-state index contributed by atoms with van der Waals surface area (Å²) in [5.41, 5.74) is 2.04. The average Bonchev–Trinajstić information content (AvgIpc) is 2.75. The molecule has 3 nitrogen and oxygen atoms in total. The minimum absolute atomic E-state index is 0.730. The van der Waals surface area contributed by atoms with Gasteiger partial charge in [-0.25, -0.2) is 0 Å². The first-order valence-electron chi connectivity index (χ1n) is 5.14.